The highest BCUT2D eigenvalue weighted by Crippen LogP contribution is 2.50. The fraction of sp³-hybridized carbons (Fsp3) is 0.389. The van der Waals surface area contributed by atoms with Crippen molar-refractivity contribution in [3.63, 3.8) is 0 Å². The number of allylic oxidation sites excluding steroid dienone is 2. The second-order valence-corrected chi connectivity index (χ2v) is 6.36. The maximum Gasteiger partial charge on any atom is 0.339 e. The average Bonchev–Trinajstić information content (AvgIpc) is 2.88. The van der Waals surface area contributed by atoms with Crippen LogP contribution in [0.4, 0.5) is 5.69 Å². The number of hydrogen-bond acceptors (Lipinski definition) is 4. The highest BCUT2D eigenvalue weighted by Gasteiger charge is 2.57. The zero-order valence-electron chi connectivity index (χ0n) is 12.8. The molecule has 3 aliphatic carbocycles. The van der Waals surface area contributed by atoms with Gasteiger partial charge in [0.1, 0.15) is 0 Å². The van der Waals surface area contributed by atoms with E-state index in [1.54, 1.807) is 24.3 Å². The summed E-state index contributed by atoms with van der Waals surface area (Å²) in [5, 5.41) is 0. The molecule has 4 aliphatic rings. The van der Waals surface area contributed by atoms with Gasteiger partial charge in [0.25, 0.3) is 0 Å². The van der Waals surface area contributed by atoms with Crippen molar-refractivity contribution in [3.05, 3.63) is 42.0 Å². The van der Waals surface area contributed by atoms with Crippen molar-refractivity contribution in [3.8, 4) is 0 Å². The van der Waals surface area contributed by atoms with E-state index in [0.717, 1.165) is 12.8 Å². The molecule has 1 saturated carbocycles. The number of fused-ring (bicyclic) bond motifs is 1. The van der Waals surface area contributed by atoms with Crippen molar-refractivity contribution >= 4 is 23.5 Å². The first-order chi connectivity index (χ1) is 11.1. The summed E-state index contributed by atoms with van der Waals surface area (Å²) < 4.78 is 4.78. The number of nitrogens with zero attached hydrogens (tertiary/aromatic N) is 1. The summed E-state index contributed by atoms with van der Waals surface area (Å²) in [6.07, 6.45) is 6.06. The lowest BCUT2D eigenvalue weighted by Crippen LogP contribution is -2.38. The summed E-state index contributed by atoms with van der Waals surface area (Å²) in [5.41, 5.74) is 0.582. The molecule has 2 fully saturated rings. The number of hydrogen-bond donors (Lipinski definition) is 0. The minimum Gasteiger partial charge on any atom is -0.465 e. The lowest BCUT2D eigenvalue weighted by Gasteiger charge is -2.38. The van der Waals surface area contributed by atoms with E-state index < -0.39 is 5.97 Å². The molecule has 0 aromatic heterocycles. The highest BCUT2D eigenvalue weighted by atomic mass is 16.5. The Morgan fingerprint density at radius 1 is 1.04 bits per heavy atom. The Balaban J connectivity index is 1.79. The Kier molecular flexibility index (Phi) is 3.11. The molecule has 4 atom stereocenters. The summed E-state index contributed by atoms with van der Waals surface area (Å²) in [4.78, 5) is 39.0. The minimum absolute atomic E-state index is 0.136. The number of imide groups is 1. The standard InChI is InChI=1S/C18H17NO4/c1-23-18(22)12-4-2-3-5-13(12)19-16(20)14-10-6-7-11(9-8-10)15(14)17(19)21/h2-7,10-11,14-15H,8-9H2,1H3. The van der Waals surface area contributed by atoms with Gasteiger partial charge in [-0.2, -0.15) is 0 Å². The van der Waals surface area contributed by atoms with Crippen molar-refractivity contribution in [1.82, 2.24) is 0 Å². The molecule has 5 heteroatoms. The van der Waals surface area contributed by atoms with Crippen molar-refractivity contribution < 1.29 is 19.1 Å². The fourth-order valence-corrected chi connectivity index (χ4v) is 4.26. The number of amides is 2. The normalized spacial score (nSPS) is 31.4. The van der Waals surface area contributed by atoms with Crippen LogP contribution in [0.1, 0.15) is 23.2 Å². The second kappa shape index (κ2) is 5.05. The molecule has 1 aromatic rings. The summed E-state index contributed by atoms with van der Waals surface area (Å²) >= 11 is 0. The van der Waals surface area contributed by atoms with Gasteiger partial charge in [-0.1, -0.05) is 24.3 Å². The number of rotatable bonds is 2. The third-order valence-electron chi connectivity index (χ3n) is 5.31. The number of methoxy groups -OCH3 is 1. The van der Waals surface area contributed by atoms with Crippen LogP contribution in [0, 0.1) is 23.7 Å². The molecule has 1 aliphatic heterocycles. The van der Waals surface area contributed by atoms with Gasteiger partial charge >= 0.3 is 5.97 Å². The Bertz CT molecular complexity index is 706. The number of benzene rings is 1. The van der Waals surface area contributed by atoms with Crippen LogP contribution in [0.15, 0.2) is 36.4 Å². The van der Waals surface area contributed by atoms with Gasteiger partial charge in [0, 0.05) is 0 Å². The van der Waals surface area contributed by atoms with Gasteiger partial charge in [0.2, 0.25) is 11.8 Å². The van der Waals surface area contributed by atoms with Crippen molar-refractivity contribution in [1.29, 1.82) is 0 Å². The minimum atomic E-state index is -0.544. The third kappa shape index (κ3) is 1.89. The SMILES string of the molecule is COC(=O)c1ccccc1N1C(=O)C2C3C=CC(CC3)C2C1=O. The maximum atomic E-state index is 12.9. The van der Waals surface area contributed by atoms with Crippen LogP contribution in [0.25, 0.3) is 0 Å². The molecule has 118 valence electrons. The quantitative estimate of drug-likeness (QED) is 0.477. The summed E-state index contributed by atoms with van der Waals surface area (Å²) in [5.74, 6) is -1.20. The van der Waals surface area contributed by atoms with Crippen LogP contribution >= 0.6 is 0 Å². The van der Waals surface area contributed by atoms with E-state index in [0.29, 0.717) is 5.69 Å². The molecule has 0 radical (unpaired) electrons. The van der Waals surface area contributed by atoms with Crippen LogP contribution in [0.2, 0.25) is 0 Å². The lowest BCUT2D eigenvalue weighted by atomic mass is 9.63. The van der Waals surface area contributed by atoms with E-state index in [-0.39, 0.29) is 41.0 Å². The van der Waals surface area contributed by atoms with Gasteiger partial charge in [-0.25, -0.2) is 9.69 Å². The lowest BCUT2D eigenvalue weighted by molar-refractivity contribution is -0.124. The van der Waals surface area contributed by atoms with E-state index >= 15 is 0 Å². The zero-order chi connectivity index (χ0) is 16.1. The fourth-order valence-electron chi connectivity index (χ4n) is 4.26. The Hall–Kier alpha value is -2.43. The molecule has 1 heterocycles. The molecule has 0 spiro atoms. The molecule has 5 nitrogen and oxygen atoms in total. The molecule has 4 unspecified atom stereocenters. The smallest absolute Gasteiger partial charge is 0.339 e. The molecule has 5 rings (SSSR count). The topological polar surface area (TPSA) is 63.7 Å². The van der Waals surface area contributed by atoms with Gasteiger partial charge in [0.05, 0.1) is 30.2 Å². The molecule has 0 N–H and O–H groups in total. The second-order valence-electron chi connectivity index (χ2n) is 6.36. The van der Waals surface area contributed by atoms with E-state index in [9.17, 15) is 14.4 Å². The van der Waals surface area contributed by atoms with Crippen LogP contribution in [0.3, 0.4) is 0 Å². The largest absolute Gasteiger partial charge is 0.465 e. The first-order valence-electron chi connectivity index (χ1n) is 7.87. The molecule has 1 saturated heterocycles. The average molecular weight is 311 g/mol. The van der Waals surface area contributed by atoms with E-state index in [2.05, 4.69) is 12.2 Å². The van der Waals surface area contributed by atoms with Gasteiger partial charge in [-0.3, -0.25) is 9.59 Å². The summed E-state index contributed by atoms with van der Waals surface area (Å²) in [7, 11) is 1.29. The van der Waals surface area contributed by atoms with E-state index in [1.165, 1.54) is 12.0 Å². The monoisotopic (exact) mass is 311 g/mol. The first-order valence-corrected chi connectivity index (χ1v) is 7.87. The van der Waals surface area contributed by atoms with Gasteiger partial charge < -0.3 is 4.74 Å². The number of carbonyl (C=O) groups excluding carboxylic acids is 3. The van der Waals surface area contributed by atoms with Gasteiger partial charge in [-0.05, 0) is 36.8 Å². The first kappa shape index (κ1) is 14.2. The van der Waals surface area contributed by atoms with Gasteiger partial charge in [-0.15, -0.1) is 0 Å². The van der Waals surface area contributed by atoms with Crippen molar-refractivity contribution in [2.24, 2.45) is 23.7 Å². The number of para-hydroxylation sites is 1. The number of ether oxygens (including phenoxy) is 1. The Labute approximate surface area is 133 Å². The number of anilines is 1. The zero-order valence-corrected chi connectivity index (χ0v) is 12.8. The molecule has 23 heavy (non-hydrogen) atoms. The Morgan fingerprint density at radius 3 is 2.13 bits per heavy atom. The Morgan fingerprint density at radius 2 is 1.61 bits per heavy atom. The predicted molar refractivity (Wildman–Crippen MR) is 82.6 cm³/mol. The van der Waals surface area contributed by atoms with Crippen molar-refractivity contribution in [2.45, 2.75) is 12.8 Å². The van der Waals surface area contributed by atoms with Crippen LogP contribution in [-0.4, -0.2) is 24.9 Å². The van der Waals surface area contributed by atoms with E-state index in [4.69, 9.17) is 4.74 Å². The summed E-state index contributed by atoms with van der Waals surface area (Å²) in [6.45, 7) is 0. The molecular weight excluding hydrogens is 294 g/mol. The van der Waals surface area contributed by atoms with Gasteiger partial charge in [0.15, 0.2) is 0 Å². The van der Waals surface area contributed by atoms with Crippen molar-refractivity contribution in [2.75, 3.05) is 12.0 Å². The molecule has 1 aromatic carbocycles. The third-order valence-corrected chi connectivity index (χ3v) is 5.31. The molecule has 2 amide bonds. The number of esters is 1. The summed E-state index contributed by atoms with van der Waals surface area (Å²) in [6, 6.07) is 6.63. The van der Waals surface area contributed by atoms with E-state index in [1.807, 2.05) is 0 Å². The van der Waals surface area contributed by atoms with Crippen LogP contribution in [0.5, 0.6) is 0 Å². The predicted octanol–water partition coefficient (Wildman–Crippen LogP) is 2.17. The molecular formula is C18H17NO4. The molecule has 2 bridgehead atoms. The van der Waals surface area contributed by atoms with Crippen LogP contribution < -0.4 is 4.90 Å². The maximum absolute atomic E-state index is 12.9. The number of carbonyl (C=O) groups is 3. The highest BCUT2D eigenvalue weighted by molar-refractivity contribution is 6.24. The van der Waals surface area contributed by atoms with Crippen LogP contribution in [-0.2, 0) is 14.3 Å².